The van der Waals surface area contributed by atoms with Crippen LogP contribution >= 0.6 is 0 Å². The smallest absolute Gasteiger partial charge is 0.122 e. The summed E-state index contributed by atoms with van der Waals surface area (Å²) in [5, 5.41) is 7.06. The van der Waals surface area contributed by atoms with Crippen molar-refractivity contribution < 1.29 is 4.74 Å². The van der Waals surface area contributed by atoms with Gasteiger partial charge in [0.05, 0.1) is 6.61 Å². The van der Waals surface area contributed by atoms with Gasteiger partial charge >= 0.3 is 0 Å². The highest BCUT2D eigenvalue weighted by Crippen LogP contribution is 2.26. The summed E-state index contributed by atoms with van der Waals surface area (Å²) in [6, 6.07) is 8.38. The molecule has 1 atom stereocenters. The summed E-state index contributed by atoms with van der Waals surface area (Å²) in [4.78, 5) is 0. The van der Waals surface area contributed by atoms with Crippen LogP contribution in [-0.2, 0) is 6.42 Å². The van der Waals surface area contributed by atoms with Crippen LogP contribution in [0.3, 0.4) is 0 Å². The first-order chi connectivity index (χ1) is 9.54. The molecule has 0 saturated heterocycles. The van der Waals surface area contributed by atoms with E-state index in [2.05, 4.69) is 49.6 Å². The lowest BCUT2D eigenvalue weighted by Gasteiger charge is -2.25. The molecule has 2 N–H and O–H groups in total. The third-order valence-corrected chi connectivity index (χ3v) is 3.57. The van der Waals surface area contributed by atoms with Crippen molar-refractivity contribution in [1.82, 2.24) is 10.6 Å². The largest absolute Gasteiger partial charge is 0.493 e. The van der Waals surface area contributed by atoms with E-state index in [0.717, 1.165) is 38.4 Å². The third-order valence-electron chi connectivity index (χ3n) is 3.57. The standard InChI is InChI=1S/C17H28N2O/c1-17(2,3)19-10-6-9-18-12-14-11-15-7-4-5-8-16(15)20-13-14/h4-5,7-8,14,18-19H,6,9-13H2,1-3H3. The summed E-state index contributed by atoms with van der Waals surface area (Å²) in [6.07, 6.45) is 2.30. The molecule has 0 spiro atoms. The average Bonchev–Trinajstić information content (AvgIpc) is 2.41. The van der Waals surface area contributed by atoms with Crippen LogP contribution in [0.15, 0.2) is 24.3 Å². The van der Waals surface area contributed by atoms with Crippen LogP contribution in [0.1, 0.15) is 32.8 Å². The monoisotopic (exact) mass is 276 g/mol. The molecule has 1 aliphatic heterocycles. The molecule has 2 rings (SSSR count). The molecule has 0 fully saturated rings. The van der Waals surface area contributed by atoms with Crippen LogP contribution in [0.5, 0.6) is 5.75 Å². The van der Waals surface area contributed by atoms with Crippen molar-refractivity contribution >= 4 is 0 Å². The highest BCUT2D eigenvalue weighted by atomic mass is 16.5. The van der Waals surface area contributed by atoms with E-state index in [4.69, 9.17) is 4.74 Å². The van der Waals surface area contributed by atoms with Crippen molar-refractivity contribution in [3.8, 4) is 5.75 Å². The van der Waals surface area contributed by atoms with E-state index >= 15 is 0 Å². The quantitative estimate of drug-likeness (QED) is 0.784. The number of hydrogen-bond donors (Lipinski definition) is 2. The molecule has 112 valence electrons. The number of para-hydroxylation sites is 1. The highest BCUT2D eigenvalue weighted by molar-refractivity contribution is 5.35. The molecule has 1 aromatic carbocycles. The molecular weight excluding hydrogens is 248 g/mol. The minimum atomic E-state index is 0.223. The number of hydrogen-bond acceptors (Lipinski definition) is 3. The van der Waals surface area contributed by atoms with Gasteiger partial charge in [-0.2, -0.15) is 0 Å². The Bertz CT molecular complexity index is 412. The zero-order chi connectivity index (χ0) is 14.4. The van der Waals surface area contributed by atoms with E-state index in [1.807, 2.05) is 6.07 Å². The molecule has 0 aliphatic carbocycles. The highest BCUT2D eigenvalue weighted by Gasteiger charge is 2.18. The molecule has 1 aliphatic rings. The van der Waals surface area contributed by atoms with Gasteiger partial charge in [0.25, 0.3) is 0 Å². The fourth-order valence-corrected chi connectivity index (χ4v) is 2.50. The van der Waals surface area contributed by atoms with Crippen LogP contribution in [0.4, 0.5) is 0 Å². The third kappa shape index (κ3) is 5.14. The zero-order valence-electron chi connectivity index (χ0n) is 13.0. The zero-order valence-corrected chi connectivity index (χ0v) is 13.0. The summed E-state index contributed by atoms with van der Waals surface area (Å²) in [5.74, 6) is 1.67. The Balaban J connectivity index is 1.60. The lowest BCUT2D eigenvalue weighted by molar-refractivity contribution is 0.218. The first-order valence-electron chi connectivity index (χ1n) is 7.71. The van der Waals surface area contributed by atoms with Crippen molar-refractivity contribution in [2.24, 2.45) is 5.92 Å². The predicted octanol–water partition coefficient (Wildman–Crippen LogP) is 2.61. The van der Waals surface area contributed by atoms with E-state index in [1.165, 1.54) is 12.0 Å². The molecule has 1 heterocycles. The summed E-state index contributed by atoms with van der Waals surface area (Å²) < 4.78 is 5.81. The number of benzene rings is 1. The number of fused-ring (bicyclic) bond motifs is 1. The van der Waals surface area contributed by atoms with Gasteiger partial charge in [-0.05, 0) is 58.3 Å². The minimum Gasteiger partial charge on any atom is -0.493 e. The van der Waals surface area contributed by atoms with E-state index in [9.17, 15) is 0 Å². The van der Waals surface area contributed by atoms with E-state index in [0.29, 0.717) is 5.92 Å². The molecule has 0 aromatic heterocycles. The van der Waals surface area contributed by atoms with Gasteiger partial charge in [-0.15, -0.1) is 0 Å². The van der Waals surface area contributed by atoms with Crippen LogP contribution in [0.2, 0.25) is 0 Å². The van der Waals surface area contributed by atoms with Gasteiger partial charge in [-0.1, -0.05) is 18.2 Å². The summed E-state index contributed by atoms with van der Waals surface area (Å²) in [6.45, 7) is 10.6. The van der Waals surface area contributed by atoms with E-state index in [1.54, 1.807) is 0 Å². The van der Waals surface area contributed by atoms with Crippen LogP contribution in [-0.4, -0.2) is 31.8 Å². The van der Waals surface area contributed by atoms with E-state index < -0.39 is 0 Å². The summed E-state index contributed by atoms with van der Waals surface area (Å²) >= 11 is 0. The van der Waals surface area contributed by atoms with Gasteiger partial charge in [-0.25, -0.2) is 0 Å². The topological polar surface area (TPSA) is 33.3 Å². The number of nitrogens with one attached hydrogen (secondary N) is 2. The fourth-order valence-electron chi connectivity index (χ4n) is 2.50. The predicted molar refractivity (Wildman–Crippen MR) is 84.4 cm³/mol. The first kappa shape index (κ1) is 15.3. The Morgan fingerprint density at radius 2 is 2.00 bits per heavy atom. The minimum absolute atomic E-state index is 0.223. The molecule has 1 aromatic rings. The maximum Gasteiger partial charge on any atom is 0.122 e. The molecule has 20 heavy (non-hydrogen) atoms. The normalized spacial score (nSPS) is 18.4. The Hall–Kier alpha value is -1.06. The maximum absolute atomic E-state index is 5.81. The molecule has 3 nitrogen and oxygen atoms in total. The van der Waals surface area contributed by atoms with Crippen molar-refractivity contribution in [1.29, 1.82) is 0 Å². The van der Waals surface area contributed by atoms with E-state index in [-0.39, 0.29) is 5.54 Å². The second kappa shape index (κ2) is 7.09. The van der Waals surface area contributed by atoms with Crippen LogP contribution in [0.25, 0.3) is 0 Å². The molecule has 1 unspecified atom stereocenters. The van der Waals surface area contributed by atoms with Crippen LogP contribution in [0, 0.1) is 5.92 Å². The Morgan fingerprint density at radius 1 is 1.20 bits per heavy atom. The average molecular weight is 276 g/mol. The lowest BCUT2D eigenvalue weighted by atomic mass is 9.97. The second-order valence-corrected chi connectivity index (χ2v) is 6.72. The fraction of sp³-hybridized carbons (Fsp3) is 0.647. The number of rotatable bonds is 6. The lowest BCUT2D eigenvalue weighted by Crippen LogP contribution is -2.38. The SMILES string of the molecule is CC(C)(C)NCCCNCC1COc2ccccc2C1. The summed E-state index contributed by atoms with van der Waals surface area (Å²) in [7, 11) is 0. The Labute approximate surface area is 123 Å². The Morgan fingerprint density at radius 3 is 2.80 bits per heavy atom. The molecule has 0 saturated carbocycles. The Kier molecular flexibility index (Phi) is 5.44. The molecule has 0 amide bonds. The van der Waals surface area contributed by atoms with Gasteiger partial charge in [0.1, 0.15) is 5.75 Å². The molecular formula is C17H28N2O. The summed E-state index contributed by atoms with van der Waals surface area (Å²) in [5.41, 5.74) is 1.57. The molecule has 0 bridgehead atoms. The van der Waals surface area contributed by atoms with Crippen LogP contribution < -0.4 is 15.4 Å². The van der Waals surface area contributed by atoms with Gasteiger partial charge < -0.3 is 15.4 Å². The number of ether oxygens (including phenoxy) is 1. The maximum atomic E-state index is 5.81. The van der Waals surface area contributed by atoms with Gasteiger partial charge in [0, 0.05) is 18.0 Å². The molecule has 3 heteroatoms. The van der Waals surface area contributed by atoms with Gasteiger partial charge in [0.2, 0.25) is 0 Å². The van der Waals surface area contributed by atoms with Gasteiger partial charge in [0.15, 0.2) is 0 Å². The van der Waals surface area contributed by atoms with Crippen molar-refractivity contribution in [3.63, 3.8) is 0 Å². The van der Waals surface area contributed by atoms with Crippen molar-refractivity contribution in [2.75, 3.05) is 26.2 Å². The van der Waals surface area contributed by atoms with Crippen molar-refractivity contribution in [3.05, 3.63) is 29.8 Å². The molecule has 0 radical (unpaired) electrons. The van der Waals surface area contributed by atoms with Gasteiger partial charge in [-0.3, -0.25) is 0 Å². The second-order valence-electron chi connectivity index (χ2n) is 6.72. The first-order valence-corrected chi connectivity index (χ1v) is 7.71. The van der Waals surface area contributed by atoms with Crippen molar-refractivity contribution in [2.45, 2.75) is 39.2 Å².